The average molecular weight is 435 g/mol. The Morgan fingerprint density at radius 1 is 0.483 bits per heavy atom. The van der Waals surface area contributed by atoms with Crippen molar-refractivity contribution >= 4 is 0 Å². The first-order chi connectivity index (χ1) is 13.5. The molecule has 0 aromatic heterocycles. The Kier molecular flexibility index (Phi) is 8.93. The highest BCUT2D eigenvalue weighted by molar-refractivity contribution is 5.67. The van der Waals surface area contributed by atoms with E-state index in [4.69, 9.17) is 0 Å². The van der Waals surface area contributed by atoms with Gasteiger partial charge in [-0.3, -0.25) is 0 Å². The molecule has 0 aliphatic rings. The van der Waals surface area contributed by atoms with Crippen molar-refractivity contribution in [1.82, 2.24) is 5.32 Å². The second-order valence-corrected chi connectivity index (χ2v) is 5.60. The van der Waals surface area contributed by atoms with Crippen molar-refractivity contribution < 1.29 is 43.9 Å². The fourth-order valence-corrected chi connectivity index (χ4v) is 2.13. The molecular weight excluding hydrogens is 420 g/mol. The molecule has 2 rings (SSSR count). The molecule has 0 aliphatic carbocycles. The molecule has 0 amide bonds. The molecule has 1 N–H and O–H groups in total. The topological polar surface area (TPSA) is 12.0 Å². The normalized spacial score (nSPS) is 10.8. The van der Waals surface area contributed by atoms with Gasteiger partial charge in [0.25, 0.3) is 0 Å². The third-order valence-corrected chi connectivity index (χ3v) is 3.63. The number of rotatable bonds is 5. The third kappa shape index (κ3) is 5.01. The van der Waals surface area contributed by atoms with Gasteiger partial charge < -0.3 is 5.32 Å². The van der Waals surface area contributed by atoms with E-state index < -0.39 is 69.3 Å². The van der Waals surface area contributed by atoms with Gasteiger partial charge in [-0.2, -0.15) is 0 Å². The summed E-state index contributed by atoms with van der Waals surface area (Å²) in [6.07, 6.45) is 2.61. The van der Waals surface area contributed by atoms with Crippen molar-refractivity contribution in [2.45, 2.75) is 26.7 Å². The summed E-state index contributed by atoms with van der Waals surface area (Å²) in [5.41, 5.74) is -4.52. The van der Waals surface area contributed by atoms with E-state index in [1.807, 2.05) is 0 Å². The first-order valence-electron chi connectivity index (χ1n) is 8.26. The van der Waals surface area contributed by atoms with Crippen molar-refractivity contribution in [2.24, 2.45) is 0 Å². The Labute approximate surface area is 159 Å². The van der Waals surface area contributed by atoms with E-state index in [1.54, 1.807) is 0 Å². The Hall–Kier alpha value is -2.30. The van der Waals surface area contributed by atoms with Crippen molar-refractivity contribution in [2.75, 3.05) is 13.1 Å². The summed E-state index contributed by atoms with van der Waals surface area (Å²) in [5, 5.41) is 3.25. The molecule has 0 saturated heterocycles. The van der Waals surface area contributed by atoms with Crippen LogP contribution in [-0.4, -0.2) is 13.1 Å². The molecule has 0 heterocycles. The number of nitrogens with one attached hydrogen (secondary N) is 1. The van der Waals surface area contributed by atoms with E-state index >= 15 is 0 Å². The highest BCUT2D eigenvalue weighted by Crippen LogP contribution is 2.37. The first kappa shape index (κ1) is 24.7. The summed E-state index contributed by atoms with van der Waals surface area (Å²) in [6, 6.07) is 0. The van der Waals surface area contributed by atoms with Gasteiger partial charge in [-0.1, -0.05) is 20.3 Å². The van der Waals surface area contributed by atoms with E-state index in [-0.39, 0.29) is 0 Å². The van der Waals surface area contributed by atoms with Crippen molar-refractivity contribution in [3.63, 3.8) is 0 Å². The number of benzene rings is 2. The highest BCUT2D eigenvalue weighted by Gasteiger charge is 2.34. The SMILES string of the molecule is CCCCNCC.Fc1c(F)c(F)c(-c2c(F)c(F)c(F)c(F)c2F)c(F)c1F. The predicted molar refractivity (Wildman–Crippen MR) is 84.9 cm³/mol. The second kappa shape index (κ2) is 10.5. The summed E-state index contributed by atoms with van der Waals surface area (Å²) in [7, 11) is 0. The Morgan fingerprint density at radius 3 is 1.00 bits per heavy atom. The zero-order chi connectivity index (χ0) is 22.5. The number of halogens is 10. The number of hydrogen-bond donors (Lipinski definition) is 1. The Bertz CT molecular complexity index is 752. The molecule has 1 nitrogen and oxygen atoms in total. The van der Waals surface area contributed by atoms with Crippen molar-refractivity contribution in [3.8, 4) is 11.1 Å². The van der Waals surface area contributed by atoms with Crippen molar-refractivity contribution in [3.05, 3.63) is 58.2 Å². The fraction of sp³-hybridized carbons (Fsp3) is 0.333. The van der Waals surface area contributed by atoms with Crippen molar-refractivity contribution in [1.29, 1.82) is 0 Å². The maximum absolute atomic E-state index is 13.4. The zero-order valence-electron chi connectivity index (χ0n) is 15.1. The molecule has 0 radical (unpaired) electrons. The van der Waals surface area contributed by atoms with Gasteiger partial charge in [0.1, 0.15) is 0 Å². The van der Waals surface area contributed by atoms with E-state index in [0.29, 0.717) is 0 Å². The Balaban J connectivity index is 0.000000516. The molecule has 0 unspecified atom stereocenters. The van der Waals surface area contributed by atoms with Crippen LogP contribution in [-0.2, 0) is 0 Å². The molecule has 0 aliphatic heterocycles. The standard InChI is InChI=1S/C12F10.C6H15N/c13-3-1(4(14)8(18)11(21)7(3)17)2-5(15)9(19)12(22)10(20)6(2)16;1-3-5-6-7-4-2/h;7H,3-6H2,1-2H3. The Morgan fingerprint density at radius 2 is 0.759 bits per heavy atom. The summed E-state index contributed by atoms with van der Waals surface area (Å²) in [4.78, 5) is 0. The maximum Gasteiger partial charge on any atom is 0.200 e. The molecule has 2 aromatic rings. The monoisotopic (exact) mass is 435 g/mol. The van der Waals surface area contributed by atoms with Crippen LogP contribution in [0.4, 0.5) is 43.9 Å². The lowest BCUT2D eigenvalue weighted by Crippen LogP contribution is -2.13. The first-order valence-corrected chi connectivity index (χ1v) is 8.26. The molecule has 29 heavy (non-hydrogen) atoms. The lowest BCUT2D eigenvalue weighted by atomic mass is 10.0. The van der Waals surface area contributed by atoms with Crippen LogP contribution in [0.15, 0.2) is 0 Å². The van der Waals surface area contributed by atoms with Gasteiger partial charge in [-0.15, -0.1) is 0 Å². The minimum Gasteiger partial charge on any atom is -0.317 e. The summed E-state index contributed by atoms with van der Waals surface area (Å²) >= 11 is 0. The van der Waals surface area contributed by atoms with Gasteiger partial charge in [0.2, 0.25) is 11.6 Å². The lowest BCUT2D eigenvalue weighted by Gasteiger charge is -2.11. The highest BCUT2D eigenvalue weighted by atomic mass is 19.2. The van der Waals surface area contributed by atoms with Crippen LogP contribution < -0.4 is 5.32 Å². The number of unbranched alkanes of at least 4 members (excludes halogenated alkanes) is 1. The van der Waals surface area contributed by atoms with Gasteiger partial charge in [-0.05, 0) is 19.5 Å². The molecule has 11 heteroatoms. The van der Waals surface area contributed by atoms with Crippen LogP contribution in [0.3, 0.4) is 0 Å². The average Bonchev–Trinajstić information content (AvgIpc) is 2.71. The van der Waals surface area contributed by atoms with Gasteiger partial charge in [0, 0.05) is 0 Å². The summed E-state index contributed by atoms with van der Waals surface area (Å²) in [5.74, 6) is -26.6. The molecule has 0 fully saturated rings. The van der Waals surface area contributed by atoms with E-state index in [0.717, 1.165) is 6.54 Å². The van der Waals surface area contributed by atoms with E-state index in [2.05, 4.69) is 19.2 Å². The van der Waals surface area contributed by atoms with Gasteiger partial charge in [0.15, 0.2) is 46.5 Å². The molecular formula is C18H15F10N. The fourth-order valence-electron chi connectivity index (χ4n) is 2.13. The van der Waals surface area contributed by atoms with E-state index in [1.165, 1.54) is 19.4 Å². The van der Waals surface area contributed by atoms with Crippen LogP contribution in [0, 0.1) is 58.2 Å². The van der Waals surface area contributed by atoms with Crippen LogP contribution >= 0.6 is 0 Å². The molecule has 2 aromatic carbocycles. The zero-order valence-corrected chi connectivity index (χ0v) is 15.1. The number of hydrogen-bond acceptors (Lipinski definition) is 1. The molecule has 162 valence electrons. The third-order valence-electron chi connectivity index (χ3n) is 3.63. The summed E-state index contributed by atoms with van der Waals surface area (Å²) in [6.45, 7) is 6.64. The minimum absolute atomic E-state index is 1.11. The van der Waals surface area contributed by atoms with Crippen LogP contribution in [0.1, 0.15) is 26.7 Å². The van der Waals surface area contributed by atoms with Gasteiger partial charge in [0.05, 0.1) is 11.1 Å². The maximum atomic E-state index is 13.4. The quantitative estimate of drug-likeness (QED) is 0.258. The van der Waals surface area contributed by atoms with Crippen LogP contribution in [0.5, 0.6) is 0 Å². The van der Waals surface area contributed by atoms with Crippen LogP contribution in [0.2, 0.25) is 0 Å². The summed E-state index contributed by atoms with van der Waals surface area (Å²) < 4.78 is 131. The van der Waals surface area contributed by atoms with E-state index in [9.17, 15) is 43.9 Å². The second-order valence-electron chi connectivity index (χ2n) is 5.60. The predicted octanol–water partition coefficient (Wildman–Crippen LogP) is 6.14. The smallest absolute Gasteiger partial charge is 0.200 e. The van der Waals surface area contributed by atoms with Crippen LogP contribution in [0.25, 0.3) is 11.1 Å². The largest absolute Gasteiger partial charge is 0.317 e. The molecule has 0 spiro atoms. The molecule has 0 atom stereocenters. The van der Waals surface area contributed by atoms with Gasteiger partial charge in [-0.25, -0.2) is 43.9 Å². The van der Waals surface area contributed by atoms with Gasteiger partial charge >= 0.3 is 0 Å². The molecule has 0 saturated carbocycles. The lowest BCUT2D eigenvalue weighted by molar-refractivity contribution is 0.370. The molecule has 0 bridgehead atoms. The minimum atomic E-state index is -2.68.